The van der Waals surface area contributed by atoms with Gasteiger partial charge in [0.1, 0.15) is 0 Å². The Morgan fingerprint density at radius 2 is 1.89 bits per heavy atom. The predicted octanol–water partition coefficient (Wildman–Crippen LogP) is 3.97. The Labute approximate surface area is 113 Å². The first-order valence-electron chi connectivity index (χ1n) is 5.38. The summed E-state index contributed by atoms with van der Waals surface area (Å²) in [5.74, 6) is 0. The summed E-state index contributed by atoms with van der Waals surface area (Å²) in [7, 11) is 0. The minimum absolute atomic E-state index is 0.116. The second kappa shape index (κ2) is 5.64. The molecular weight excluding hydrogens is 296 g/mol. The lowest BCUT2D eigenvalue weighted by molar-refractivity contribution is -0.384. The quantitative estimate of drug-likeness (QED) is 0.687. The number of nitro groups is 1. The van der Waals surface area contributed by atoms with Gasteiger partial charge in [0.25, 0.3) is 5.69 Å². The highest BCUT2D eigenvalue weighted by atomic mass is 79.9. The van der Waals surface area contributed by atoms with Crippen molar-refractivity contribution in [2.24, 2.45) is 0 Å². The molecule has 2 rings (SSSR count). The number of anilines is 1. The molecule has 0 heterocycles. The number of benzene rings is 2. The van der Waals surface area contributed by atoms with Gasteiger partial charge in [0.05, 0.1) is 4.92 Å². The Bertz CT molecular complexity index is 555. The van der Waals surface area contributed by atoms with E-state index in [0.29, 0.717) is 6.54 Å². The summed E-state index contributed by atoms with van der Waals surface area (Å²) in [6.07, 6.45) is 0. The number of nitrogens with one attached hydrogen (secondary N) is 1. The molecule has 4 nitrogen and oxygen atoms in total. The van der Waals surface area contributed by atoms with E-state index in [2.05, 4.69) is 21.2 Å². The third-order valence-corrected chi connectivity index (χ3v) is 2.99. The van der Waals surface area contributed by atoms with Crippen LogP contribution in [0.2, 0.25) is 0 Å². The fraction of sp³-hybridized carbons (Fsp3) is 0.0769. The van der Waals surface area contributed by atoms with Crippen LogP contribution in [-0.4, -0.2) is 4.92 Å². The van der Waals surface area contributed by atoms with Crippen LogP contribution in [0.4, 0.5) is 11.4 Å². The largest absolute Gasteiger partial charge is 0.381 e. The van der Waals surface area contributed by atoms with Crippen molar-refractivity contribution in [3.05, 3.63) is 68.7 Å². The van der Waals surface area contributed by atoms with Gasteiger partial charge in [-0.15, -0.1) is 0 Å². The second-order valence-corrected chi connectivity index (χ2v) is 4.70. The molecule has 0 aliphatic heterocycles. The van der Waals surface area contributed by atoms with Gasteiger partial charge in [-0.2, -0.15) is 0 Å². The second-order valence-electron chi connectivity index (χ2n) is 3.79. The molecule has 0 aliphatic carbocycles. The zero-order valence-electron chi connectivity index (χ0n) is 9.47. The molecule has 0 amide bonds. The highest BCUT2D eigenvalue weighted by molar-refractivity contribution is 9.10. The van der Waals surface area contributed by atoms with Crippen LogP contribution in [0.5, 0.6) is 0 Å². The van der Waals surface area contributed by atoms with Crippen LogP contribution < -0.4 is 5.32 Å². The maximum atomic E-state index is 10.6. The molecule has 1 N–H and O–H groups in total. The Morgan fingerprint density at radius 3 is 2.56 bits per heavy atom. The van der Waals surface area contributed by atoms with Crippen LogP contribution in [0, 0.1) is 10.1 Å². The molecule has 0 unspecified atom stereocenters. The van der Waals surface area contributed by atoms with Gasteiger partial charge in [-0.05, 0) is 29.8 Å². The van der Waals surface area contributed by atoms with Gasteiger partial charge >= 0.3 is 0 Å². The van der Waals surface area contributed by atoms with E-state index in [1.165, 1.54) is 6.07 Å². The molecule has 92 valence electrons. The Balaban J connectivity index is 2.04. The summed E-state index contributed by atoms with van der Waals surface area (Å²) in [5, 5.41) is 13.9. The van der Waals surface area contributed by atoms with Crippen molar-refractivity contribution in [2.75, 3.05) is 5.32 Å². The fourth-order valence-corrected chi connectivity index (χ4v) is 1.82. The fourth-order valence-electron chi connectivity index (χ4n) is 1.55. The van der Waals surface area contributed by atoms with Gasteiger partial charge in [0, 0.05) is 28.8 Å². The molecule has 2 aromatic carbocycles. The molecule has 0 bridgehead atoms. The normalized spacial score (nSPS) is 10.1. The molecular formula is C13H11BrN2O2. The van der Waals surface area contributed by atoms with E-state index < -0.39 is 0 Å². The number of nitrogens with zero attached hydrogens (tertiary/aromatic N) is 1. The smallest absolute Gasteiger partial charge is 0.269 e. The van der Waals surface area contributed by atoms with Crippen molar-refractivity contribution in [1.29, 1.82) is 0 Å². The molecule has 0 saturated heterocycles. The van der Waals surface area contributed by atoms with Crippen LogP contribution in [-0.2, 0) is 6.54 Å². The van der Waals surface area contributed by atoms with Crippen molar-refractivity contribution >= 4 is 27.3 Å². The Morgan fingerprint density at radius 1 is 1.17 bits per heavy atom. The lowest BCUT2D eigenvalue weighted by Gasteiger charge is -2.06. The standard InChI is InChI=1S/C13H11BrN2O2/c14-11-4-6-12(7-5-11)15-9-10-2-1-3-13(8-10)16(17)18/h1-8,15H,9H2. The van der Waals surface area contributed by atoms with Crippen LogP contribution in [0.15, 0.2) is 53.0 Å². The van der Waals surface area contributed by atoms with Crippen LogP contribution >= 0.6 is 15.9 Å². The number of hydrogen-bond donors (Lipinski definition) is 1. The van der Waals surface area contributed by atoms with Crippen molar-refractivity contribution in [2.45, 2.75) is 6.54 Å². The third-order valence-electron chi connectivity index (χ3n) is 2.46. The summed E-state index contributed by atoms with van der Waals surface area (Å²) in [4.78, 5) is 10.3. The van der Waals surface area contributed by atoms with Gasteiger partial charge in [0.2, 0.25) is 0 Å². The topological polar surface area (TPSA) is 55.2 Å². The van der Waals surface area contributed by atoms with E-state index in [9.17, 15) is 10.1 Å². The summed E-state index contributed by atoms with van der Waals surface area (Å²) in [6.45, 7) is 0.559. The number of hydrogen-bond acceptors (Lipinski definition) is 3. The molecule has 5 heteroatoms. The monoisotopic (exact) mass is 306 g/mol. The average Bonchev–Trinajstić information content (AvgIpc) is 2.38. The first-order valence-corrected chi connectivity index (χ1v) is 6.17. The highest BCUT2D eigenvalue weighted by Crippen LogP contribution is 2.17. The third kappa shape index (κ3) is 3.30. The first kappa shape index (κ1) is 12.6. The summed E-state index contributed by atoms with van der Waals surface area (Å²) >= 11 is 3.36. The summed E-state index contributed by atoms with van der Waals surface area (Å²) in [5.41, 5.74) is 1.97. The molecule has 0 saturated carbocycles. The predicted molar refractivity (Wildman–Crippen MR) is 74.6 cm³/mol. The van der Waals surface area contributed by atoms with Gasteiger partial charge in [0.15, 0.2) is 0 Å². The molecule has 18 heavy (non-hydrogen) atoms. The average molecular weight is 307 g/mol. The van der Waals surface area contributed by atoms with E-state index in [1.54, 1.807) is 12.1 Å². The molecule has 2 aromatic rings. The molecule has 0 aromatic heterocycles. The van der Waals surface area contributed by atoms with Gasteiger partial charge in [-0.25, -0.2) is 0 Å². The zero-order valence-corrected chi connectivity index (χ0v) is 11.1. The first-order chi connectivity index (χ1) is 8.65. The van der Waals surface area contributed by atoms with Crippen molar-refractivity contribution in [1.82, 2.24) is 0 Å². The van der Waals surface area contributed by atoms with Crippen LogP contribution in [0.3, 0.4) is 0 Å². The van der Waals surface area contributed by atoms with Gasteiger partial charge < -0.3 is 5.32 Å². The highest BCUT2D eigenvalue weighted by Gasteiger charge is 2.05. The maximum Gasteiger partial charge on any atom is 0.269 e. The van der Waals surface area contributed by atoms with Crippen LogP contribution in [0.25, 0.3) is 0 Å². The summed E-state index contributed by atoms with van der Waals surface area (Å²) in [6, 6.07) is 14.4. The lowest BCUT2D eigenvalue weighted by atomic mass is 10.2. The number of non-ortho nitro benzene ring substituents is 1. The molecule has 0 atom stereocenters. The number of rotatable bonds is 4. The Kier molecular flexibility index (Phi) is 3.94. The van der Waals surface area contributed by atoms with E-state index in [4.69, 9.17) is 0 Å². The maximum absolute atomic E-state index is 10.6. The van der Waals surface area contributed by atoms with Crippen molar-refractivity contribution < 1.29 is 4.92 Å². The van der Waals surface area contributed by atoms with Crippen LogP contribution in [0.1, 0.15) is 5.56 Å². The number of nitro benzene ring substituents is 1. The molecule has 0 fully saturated rings. The lowest BCUT2D eigenvalue weighted by Crippen LogP contribution is -1.99. The van der Waals surface area contributed by atoms with Crippen molar-refractivity contribution in [3.63, 3.8) is 0 Å². The van der Waals surface area contributed by atoms with Gasteiger partial charge in [-0.1, -0.05) is 28.1 Å². The van der Waals surface area contributed by atoms with E-state index in [-0.39, 0.29) is 10.6 Å². The molecule has 0 spiro atoms. The van der Waals surface area contributed by atoms with E-state index >= 15 is 0 Å². The summed E-state index contributed by atoms with van der Waals surface area (Å²) < 4.78 is 1.02. The molecule has 0 radical (unpaired) electrons. The zero-order chi connectivity index (χ0) is 13.0. The van der Waals surface area contributed by atoms with Crippen molar-refractivity contribution in [3.8, 4) is 0 Å². The van der Waals surface area contributed by atoms with Gasteiger partial charge in [-0.3, -0.25) is 10.1 Å². The van der Waals surface area contributed by atoms with E-state index in [0.717, 1.165) is 15.7 Å². The number of halogens is 1. The minimum Gasteiger partial charge on any atom is -0.381 e. The SMILES string of the molecule is O=[N+]([O-])c1cccc(CNc2ccc(Br)cc2)c1. The molecule has 0 aliphatic rings. The van der Waals surface area contributed by atoms with E-state index in [1.807, 2.05) is 30.3 Å². The minimum atomic E-state index is -0.386. The Hall–Kier alpha value is -1.88.